The van der Waals surface area contributed by atoms with Crippen molar-refractivity contribution in [3.63, 3.8) is 0 Å². The van der Waals surface area contributed by atoms with Crippen LogP contribution in [0.15, 0.2) is 28.7 Å². The van der Waals surface area contributed by atoms with Crippen molar-refractivity contribution < 1.29 is 0 Å². The first-order valence-electron chi connectivity index (χ1n) is 5.70. The van der Waals surface area contributed by atoms with E-state index in [4.69, 9.17) is 6.42 Å². The van der Waals surface area contributed by atoms with Crippen LogP contribution >= 0.6 is 15.9 Å². The zero-order valence-electron chi connectivity index (χ0n) is 9.67. The standard InChI is InChI=1S/C14H18BrN/c1-3-5-6-10-16-14(4-2)12-8-7-9-13(15)11-12/h1,7-9,11,14,16H,4-6,10H2,2H3. The fraction of sp³-hybridized carbons (Fsp3) is 0.429. The highest BCUT2D eigenvalue weighted by atomic mass is 79.9. The molecule has 1 nitrogen and oxygen atoms in total. The Kier molecular flexibility index (Phi) is 6.22. The Morgan fingerprint density at radius 1 is 1.50 bits per heavy atom. The van der Waals surface area contributed by atoms with E-state index in [-0.39, 0.29) is 0 Å². The molecule has 2 heteroatoms. The number of halogens is 1. The summed E-state index contributed by atoms with van der Waals surface area (Å²) in [6.07, 6.45) is 8.21. The van der Waals surface area contributed by atoms with Crippen molar-refractivity contribution >= 4 is 15.9 Å². The highest BCUT2D eigenvalue weighted by Gasteiger charge is 2.07. The molecule has 86 valence electrons. The SMILES string of the molecule is C#CCCCNC(CC)c1cccc(Br)c1. The lowest BCUT2D eigenvalue weighted by Gasteiger charge is -2.17. The molecule has 0 aliphatic carbocycles. The minimum Gasteiger partial charge on any atom is -0.310 e. The van der Waals surface area contributed by atoms with Crippen LogP contribution in [-0.4, -0.2) is 6.54 Å². The van der Waals surface area contributed by atoms with E-state index in [2.05, 4.69) is 58.4 Å². The van der Waals surface area contributed by atoms with Gasteiger partial charge in [-0.1, -0.05) is 35.0 Å². The quantitative estimate of drug-likeness (QED) is 0.615. The van der Waals surface area contributed by atoms with Gasteiger partial charge in [-0.25, -0.2) is 0 Å². The summed E-state index contributed by atoms with van der Waals surface area (Å²) in [5.74, 6) is 2.66. The van der Waals surface area contributed by atoms with E-state index >= 15 is 0 Å². The molecule has 16 heavy (non-hydrogen) atoms. The van der Waals surface area contributed by atoms with Crippen molar-refractivity contribution in [1.29, 1.82) is 0 Å². The van der Waals surface area contributed by atoms with Crippen LogP contribution < -0.4 is 5.32 Å². The van der Waals surface area contributed by atoms with E-state index in [0.29, 0.717) is 6.04 Å². The van der Waals surface area contributed by atoms with E-state index in [0.717, 1.165) is 30.3 Å². The van der Waals surface area contributed by atoms with Crippen LogP contribution in [0.5, 0.6) is 0 Å². The number of benzene rings is 1. The van der Waals surface area contributed by atoms with E-state index in [1.165, 1.54) is 5.56 Å². The zero-order valence-corrected chi connectivity index (χ0v) is 11.3. The Bertz CT molecular complexity index is 354. The number of nitrogens with one attached hydrogen (secondary N) is 1. The highest BCUT2D eigenvalue weighted by molar-refractivity contribution is 9.10. The zero-order chi connectivity index (χ0) is 11.8. The van der Waals surface area contributed by atoms with Gasteiger partial charge in [0, 0.05) is 16.9 Å². The van der Waals surface area contributed by atoms with Crippen molar-refractivity contribution in [3.8, 4) is 12.3 Å². The summed E-state index contributed by atoms with van der Waals surface area (Å²) in [5.41, 5.74) is 1.33. The number of terminal acetylenes is 1. The number of hydrogen-bond donors (Lipinski definition) is 1. The van der Waals surface area contributed by atoms with Crippen LogP contribution in [0.1, 0.15) is 37.8 Å². The molecule has 0 spiro atoms. The highest BCUT2D eigenvalue weighted by Crippen LogP contribution is 2.20. The molecule has 1 rings (SSSR count). The third kappa shape index (κ3) is 4.38. The molecule has 0 fully saturated rings. The Labute approximate surface area is 107 Å². The van der Waals surface area contributed by atoms with Crippen LogP contribution in [0.25, 0.3) is 0 Å². The maximum atomic E-state index is 5.22. The smallest absolute Gasteiger partial charge is 0.0318 e. The lowest BCUT2D eigenvalue weighted by atomic mass is 10.0. The van der Waals surface area contributed by atoms with E-state index in [9.17, 15) is 0 Å². The first-order chi connectivity index (χ1) is 7.77. The van der Waals surface area contributed by atoms with Crippen LogP contribution in [-0.2, 0) is 0 Å². The van der Waals surface area contributed by atoms with Crippen molar-refractivity contribution in [2.75, 3.05) is 6.54 Å². The largest absolute Gasteiger partial charge is 0.310 e. The molecule has 1 atom stereocenters. The summed E-state index contributed by atoms with van der Waals surface area (Å²) in [6.45, 7) is 3.18. The van der Waals surface area contributed by atoms with Gasteiger partial charge in [0.05, 0.1) is 0 Å². The fourth-order valence-corrected chi connectivity index (χ4v) is 2.10. The van der Waals surface area contributed by atoms with Gasteiger partial charge in [0.2, 0.25) is 0 Å². The second-order valence-corrected chi connectivity index (χ2v) is 4.69. The average Bonchev–Trinajstić information content (AvgIpc) is 2.29. The average molecular weight is 280 g/mol. The molecule has 1 aromatic rings. The molecule has 0 bridgehead atoms. The van der Waals surface area contributed by atoms with E-state index < -0.39 is 0 Å². The molecule has 1 aromatic carbocycles. The normalized spacial score (nSPS) is 12.1. The minimum atomic E-state index is 0.426. The van der Waals surface area contributed by atoms with Gasteiger partial charge in [-0.3, -0.25) is 0 Å². The fourth-order valence-electron chi connectivity index (χ4n) is 1.69. The van der Waals surface area contributed by atoms with Gasteiger partial charge < -0.3 is 5.32 Å². The summed E-state index contributed by atoms with van der Waals surface area (Å²) in [5, 5.41) is 3.53. The van der Waals surface area contributed by atoms with Crippen molar-refractivity contribution in [3.05, 3.63) is 34.3 Å². The molecule has 1 unspecified atom stereocenters. The molecular weight excluding hydrogens is 262 g/mol. The monoisotopic (exact) mass is 279 g/mol. The van der Waals surface area contributed by atoms with Crippen LogP contribution in [0.2, 0.25) is 0 Å². The Morgan fingerprint density at radius 2 is 2.31 bits per heavy atom. The van der Waals surface area contributed by atoms with Gasteiger partial charge in [0.25, 0.3) is 0 Å². The molecule has 0 aromatic heterocycles. The van der Waals surface area contributed by atoms with Gasteiger partial charge >= 0.3 is 0 Å². The molecule has 0 amide bonds. The summed E-state index contributed by atoms with van der Waals surface area (Å²) in [7, 11) is 0. The third-order valence-corrected chi connectivity index (χ3v) is 3.04. The first-order valence-corrected chi connectivity index (χ1v) is 6.49. The molecule has 0 aliphatic heterocycles. The molecular formula is C14H18BrN. The summed E-state index contributed by atoms with van der Waals surface area (Å²) in [4.78, 5) is 0. The second-order valence-electron chi connectivity index (χ2n) is 3.78. The minimum absolute atomic E-state index is 0.426. The number of hydrogen-bond acceptors (Lipinski definition) is 1. The summed E-state index contributed by atoms with van der Waals surface area (Å²) < 4.78 is 1.13. The van der Waals surface area contributed by atoms with Gasteiger partial charge in [-0.2, -0.15) is 0 Å². The van der Waals surface area contributed by atoms with Crippen LogP contribution in [0, 0.1) is 12.3 Å². The molecule has 0 heterocycles. The number of rotatable bonds is 6. The van der Waals surface area contributed by atoms with E-state index in [1.807, 2.05) is 0 Å². The molecule has 0 saturated carbocycles. The molecule has 1 N–H and O–H groups in total. The van der Waals surface area contributed by atoms with E-state index in [1.54, 1.807) is 0 Å². The van der Waals surface area contributed by atoms with Crippen molar-refractivity contribution in [2.45, 2.75) is 32.2 Å². The predicted octanol–water partition coefficient (Wildman–Crippen LogP) is 3.90. The maximum Gasteiger partial charge on any atom is 0.0318 e. The van der Waals surface area contributed by atoms with Gasteiger partial charge in [0.15, 0.2) is 0 Å². The third-order valence-electron chi connectivity index (χ3n) is 2.55. The van der Waals surface area contributed by atoms with Gasteiger partial charge in [-0.05, 0) is 37.1 Å². The Balaban J connectivity index is 2.51. The van der Waals surface area contributed by atoms with Crippen LogP contribution in [0.4, 0.5) is 0 Å². The topological polar surface area (TPSA) is 12.0 Å². The van der Waals surface area contributed by atoms with Gasteiger partial charge in [-0.15, -0.1) is 12.3 Å². The molecule has 0 aliphatic rings. The lowest BCUT2D eigenvalue weighted by Crippen LogP contribution is -2.21. The molecule has 0 radical (unpaired) electrons. The Morgan fingerprint density at radius 3 is 2.94 bits per heavy atom. The number of unbranched alkanes of at least 4 members (excludes halogenated alkanes) is 1. The van der Waals surface area contributed by atoms with Crippen LogP contribution in [0.3, 0.4) is 0 Å². The molecule has 0 saturated heterocycles. The predicted molar refractivity (Wildman–Crippen MR) is 73.2 cm³/mol. The van der Waals surface area contributed by atoms with Crippen molar-refractivity contribution in [2.24, 2.45) is 0 Å². The van der Waals surface area contributed by atoms with Gasteiger partial charge in [0.1, 0.15) is 0 Å². The first kappa shape index (κ1) is 13.3. The second kappa shape index (κ2) is 7.49. The summed E-state index contributed by atoms with van der Waals surface area (Å²) in [6, 6.07) is 8.88. The van der Waals surface area contributed by atoms with Crippen molar-refractivity contribution in [1.82, 2.24) is 5.32 Å². The lowest BCUT2D eigenvalue weighted by molar-refractivity contribution is 0.513. The summed E-state index contributed by atoms with van der Waals surface area (Å²) >= 11 is 3.50. The maximum absolute atomic E-state index is 5.22. The Hall–Kier alpha value is -0.780.